The summed E-state index contributed by atoms with van der Waals surface area (Å²) >= 11 is 0. The number of carbonyl (C=O) groups excluding carboxylic acids is 1. The summed E-state index contributed by atoms with van der Waals surface area (Å²) in [5, 5.41) is 4.16. The van der Waals surface area contributed by atoms with Crippen LogP contribution in [0.2, 0.25) is 0 Å². The standard InChI is InChI=1S/C27H26N4O/c32-27(29-22-12-15-31(16-13-22)19-20-7-2-1-3-8-20)24-17-26(21-9-6-14-28-18-21)30-25-11-5-4-10-23(24)25/h1-11,14,17-18,22H,12-13,15-16,19H2,(H,29,32). The van der Waals surface area contributed by atoms with E-state index in [0.717, 1.165) is 54.6 Å². The molecule has 2 aromatic carbocycles. The molecule has 1 fully saturated rings. The minimum Gasteiger partial charge on any atom is -0.349 e. The maximum atomic E-state index is 13.3. The fraction of sp³-hybridized carbons (Fsp3) is 0.222. The summed E-state index contributed by atoms with van der Waals surface area (Å²) < 4.78 is 0. The van der Waals surface area contributed by atoms with Gasteiger partial charge in [-0.3, -0.25) is 14.7 Å². The van der Waals surface area contributed by atoms with Crippen LogP contribution in [0.4, 0.5) is 0 Å². The highest BCUT2D eigenvalue weighted by Gasteiger charge is 2.22. The normalized spacial score (nSPS) is 15.0. The average Bonchev–Trinajstić information content (AvgIpc) is 2.85. The van der Waals surface area contributed by atoms with E-state index in [-0.39, 0.29) is 11.9 Å². The maximum Gasteiger partial charge on any atom is 0.252 e. The molecule has 1 N–H and O–H groups in total. The maximum absolute atomic E-state index is 13.3. The summed E-state index contributed by atoms with van der Waals surface area (Å²) in [6.07, 6.45) is 5.43. The summed E-state index contributed by atoms with van der Waals surface area (Å²) in [6, 6.07) is 24.3. The van der Waals surface area contributed by atoms with E-state index in [1.165, 1.54) is 5.56 Å². The van der Waals surface area contributed by atoms with Crippen molar-refractivity contribution in [3.63, 3.8) is 0 Å². The second-order valence-corrected chi connectivity index (χ2v) is 8.32. The lowest BCUT2D eigenvalue weighted by Crippen LogP contribution is -2.44. The number of rotatable bonds is 5. The van der Waals surface area contributed by atoms with Crippen molar-refractivity contribution in [2.24, 2.45) is 0 Å². The first-order valence-corrected chi connectivity index (χ1v) is 11.1. The van der Waals surface area contributed by atoms with E-state index in [2.05, 4.69) is 39.5 Å². The van der Waals surface area contributed by atoms with Gasteiger partial charge in [0.05, 0.1) is 16.8 Å². The Hall–Kier alpha value is -3.57. The number of hydrogen-bond acceptors (Lipinski definition) is 4. The third kappa shape index (κ3) is 4.53. The smallest absolute Gasteiger partial charge is 0.252 e. The minimum atomic E-state index is -0.0322. The Labute approximate surface area is 188 Å². The summed E-state index contributed by atoms with van der Waals surface area (Å²) in [5.74, 6) is -0.0322. The van der Waals surface area contributed by atoms with Gasteiger partial charge in [-0.25, -0.2) is 4.98 Å². The number of para-hydroxylation sites is 1. The van der Waals surface area contributed by atoms with E-state index in [1.54, 1.807) is 12.4 Å². The Bertz CT molecular complexity index is 1200. The molecule has 0 atom stereocenters. The van der Waals surface area contributed by atoms with Gasteiger partial charge in [0.15, 0.2) is 0 Å². The van der Waals surface area contributed by atoms with Gasteiger partial charge in [-0.1, -0.05) is 48.5 Å². The monoisotopic (exact) mass is 422 g/mol. The molecule has 0 spiro atoms. The molecule has 3 heterocycles. The van der Waals surface area contributed by atoms with Crippen LogP contribution in [0.15, 0.2) is 85.2 Å². The quantitative estimate of drug-likeness (QED) is 0.507. The van der Waals surface area contributed by atoms with Crippen molar-refractivity contribution in [2.75, 3.05) is 13.1 Å². The number of pyridine rings is 2. The number of likely N-dealkylation sites (tertiary alicyclic amines) is 1. The van der Waals surface area contributed by atoms with Crippen LogP contribution in [-0.2, 0) is 6.54 Å². The third-order valence-electron chi connectivity index (χ3n) is 6.09. The van der Waals surface area contributed by atoms with Crippen molar-refractivity contribution in [1.82, 2.24) is 20.2 Å². The van der Waals surface area contributed by atoms with E-state index in [0.29, 0.717) is 5.56 Å². The zero-order chi connectivity index (χ0) is 21.8. The van der Waals surface area contributed by atoms with Crippen LogP contribution in [0.1, 0.15) is 28.8 Å². The van der Waals surface area contributed by atoms with Crippen molar-refractivity contribution >= 4 is 16.8 Å². The molecule has 5 nitrogen and oxygen atoms in total. The fourth-order valence-corrected chi connectivity index (χ4v) is 4.37. The molecule has 5 rings (SSSR count). The van der Waals surface area contributed by atoms with Gasteiger partial charge in [0.1, 0.15) is 0 Å². The van der Waals surface area contributed by atoms with Crippen LogP contribution in [0.3, 0.4) is 0 Å². The molecule has 0 bridgehead atoms. The molecule has 0 saturated carbocycles. The molecular formula is C27H26N4O. The topological polar surface area (TPSA) is 58.1 Å². The molecule has 5 heteroatoms. The van der Waals surface area contributed by atoms with Crippen molar-refractivity contribution in [2.45, 2.75) is 25.4 Å². The van der Waals surface area contributed by atoms with E-state index in [1.807, 2.05) is 48.5 Å². The molecule has 1 saturated heterocycles. The molecular weight excluding hydrogens is 396 g/mol. The first kappa shape index (κ1) is 20.3. The molecule has 4 aromatic rings. The second kappa shape index (κ2) is 9.28. The molecule has 1 amide bonds. The zero-order valence-corrected chi connectivity index (χ0v) is 17.9. The van der Waals surface area contributed by atoms with Gasteiger partial charge in [0.2, 0.25) is 0 Å². The molecule has 32 heavy (non-hydrogen) atoms. The van der Waals surface area contributed by atoms with Crippen LogP contribution >= 0.6 is 0 Å². The van der Waals surface area contributed by atoms with Gasteiger partial charge in [0, 0.05) is 49.0 Å². The summed E-state index contributed by atoms with van der Waals surface area (Å²) in [6.45, 7) is 2.93. The van der Waals surface area contributed by atoms with Gasteiger partial charge in [0.25, 0.3) is 5.91 Å². The highest BCUT2D eigenvalue weighted by molar-refractivity contribution is 6.07. The number of benzene rings is 2. The van der Waals surface area contributed by atoms with Gasteiger partial charge < -0.3 is 5.32 Å². The summed E-state index contributed by atoms with van der Waals surface area (Å²) in [5.41, 5.74) is 4.49. The van der Waals surface area contributed by atoms with Crippen molar-refractivity contribution in [3.8, 4) is 11.3 Å². The first-order chi connectivity index (χ1) is 15.8. The molecule has 160 valence electrons. The molecule has 0 unspecified atom stereocenters. The van der Waals surface area contributed by atoms with Crippen molar-refractivity contribution < 1.29 is 4.79 Å². The summed E-state index contributed by atoms with van der Waals surface area (Å²) in [7, 11) is 0. The second-order valence-electron chi connectivity index (χ2n) is 8.32. The Morgan fingerprint density at radius 2 is 1.75 bits per heavy atom. The number of piperidine rings is 1. The van der Waals surface area contributed by atoms with Crippen molar-refractivity contribution in [1.29, 1.82) is 0 Å². The van der Waals surface area contributed by atoms with Gasteiger partial charge in [-0.2, -0.15) is 0 Å². The van der Waals surface area contributed by atoms with Gasteiger partial charge >= 0.3 is 0 Å². The molecule has 1 aliphatic heterocycles. The third-order valence-corrected chi connectivity index (χ3v) is 6.09. The Morgan fingerprint density at radius 1 is 0.969 bits per heavy atom. The van der Waals surface area contributed by atoms with Crippen LogP contribution in [0.25, 0.3) is 22.2 Å². The van der Waals surface area contributed by atoms with Crippen molar-refractivity contribution in [3.05, 3.63) is 96.3 Å². The lowest BCUT2D eigenvalue weighted by atomic mass is 10.0. The molecule has 0 aliphatic carbocycles. The predicted octanol–water partition coefficient (Wildman–Crippen LogP) is 4.69. The van der Waals surface area contributed by atoms with E-state index >= 15 is 0 Å². The van der Waals surface area contributed by atoms with E-state index < -0.39 is 0 Å². The number of nitrogens with one attached hydrogen (secondary N) is 1. The van der Waals surface area contributed by atoms with Crippen LogP contribution in [0.5, 0.6) is 0 Å². The van der Waals surface area contributed by atoms with Crippen LogP contribution in [-0.4, -0.2) is 39.9 Å². The molecule has 2 aromatic heterocycles. The Balaban J connectivity index is 1.31. The number of fused-ring (bicyclic) bond motifs is 1. The largest absolute Gasteiger partial charge is 0.349 e. The lowest BCUT2D eigenvalue weighted by molar-refractivity contribution is 0.0910. The first-order valence-electron chi connectivity index (χ1n) is 11.1. The van der Waals surface area contributed by atoms with Crippen LogP contribution in [0, 0.1) is 0 Å². The van der Waals surface area contributed by atoms with Crippen LogP contribution < -0.4 is 5.32 Å². The molecule has 1 aliphatic rings. The SMILES string of the molecule is O=C(NC1CCN(Cc2ccccc2)CC1)c1cc(-c2cccnc2)nc2ccccc12. The molecule has 0 radical (unpaired) electrons. The number of amides is 1. The van der Waals surface area contributed by atoms with E-state index in [4.69, 9.17) is 4.98 Å². The Kier molecular flexibility index (Phi) is 5.90. The number of nitrogens with zero attached hydrogens (tertiary/aromatic N) is 3. The number of aromatic nitrogens is 2. The highest BCUT2D eigenvalue weighted by Crippen LogP contribution is 2.25. The van der Waals surface area contributed by atoms with Gasteiger partial charge in [-0.05, 0) is 42.7 Å². The fourth-order valence-electron chi connectivity index (χ4n) is 4.37. The zero-order valence-electron chi connectivity index (χ0n) is 17.9. The minimum absolute atomic E-state index is 0.0322. The average molecular weight is 423 g/mol. The highest BCUT2D eigenvalue weighted by atomic mass is 16.1. The predicted molar refractivity (Wildman–Crippen MR) is 127 cm³/mol. The Morgan fingerprint density at radius 3 is 2.53 bits per heavy atom. The number of carbonyl (C=O) groups is 1. The van der Waals surface area contributed by atoms with Gasteiger partial charge in [-0.15, -0.1) is 0 Å². The lowest BCUT2D eigenvalue weighted by Gasteiger charge is -2.32. The van der Waals surface area contributed by atoms with E-state index in [9.17, 15) is 4.79 Å². The summed E-state index contributed by atoms with van der Waals surface area (Å²) in [4.78, 5) is 24.7. The number of hydrogen-bond donors (Lipinski definition) is 1.